The van der Waals surface area contributed by atoms with E-state index in [9.17, 15) is 4.79 Å². The van der Waals surface area contributed by atoms with Gasteiger partial charge in [0.25, 0.3) is 5.91 Å². The van der Waals surface area contributed by atoms with Crippen LogP contribution < -0.4 is 10.5 Å². The fourth-order valence-electron chi connectivity index (χ4n) is 1.56. The molecule has 4 heteroatoms. The van der Waals surface area contributed by atoms with E-state index in [1.54, 1.807) is 12.5 Å². The maximum Gasteiger partial charge on any atom is 0.255 e. The van der Waals surface area contributed by atoms with Gasteiger partial charge in [0.2, 0.25) is 0 Å². The van der Waals surface area contributed by atoms with Crippen molar-refractivity contribution in [2.75, 3.05) is 6.61 Å². The normalized spacial score (nSPS) is 10.2. The minimum Gasteiger partial charge on any atom is -0.483 e. The van der Waals surface area contributed by atoms with Crippen molar-refractivity contribution in [1.82, 2.24) is 0 Å². The topological polar surface area (TPSA) is 65.5 Å². The van der Waals surface area contributed by atoms with Crippen LogP contribution in [0.25, 0.3) is 11.1 Å². The van der Waals surface area contributed by atoms with Gasteiger partial charge in [-0.15, -0.1) is 0 Å². The molecule has 0 saturated heterocycles. The fraction of sp³-hybridized carbons (Fsp3) is 0.154. The van der Waals surface area contributed by atoms with Crippen molar-refractivity contribution < 1.29 is 13.9 Å². The van der Waals surface area contributed by atoms with Gasteiger partial charge in [-0.2, -0.15) is 0 Å². The number of hydrogen-bond donors (Lipinski definition) is 1. The molecule has 0 spiro atoms. The molecule has 0 aliphatic carbocycles. The largest absolute Gasteiger partial charge is 0.483 e. The van der Waals surface area contributed by atoms with Crippen LogP contribution in [-0.4, -0.2) is 12.5 Å². The van der Waals surface area contributed by atoms with Gasteiger partial charge >= 0.3 is 0 Å². The van der Waals surface area contributed by atoms with E-state index < -0.39 is 5.91 Å². The predicted octanol–water partition coefficient (Wildman–Crippen LogP) is 2.12. The Morgan fingerprint density at radius 3 is 2.88 bits per heavy atom. The molecule has 0 saturated carbocycles. The number of aryl methyl sites for hydroxylation is 1. The minimum absolute atomic E-state index is 0.131. The van der Waals surface area contributed by atoms with Gasteiger partial charge in [0, 0.05) is 11.1 Å². The molecular weight excluding hydrogens is 218 g/mol. The molecule has 1 aromatic heterocycles. The van der Waals surface area contributed by atoms with E-state index >= 15 is 0 Å². The Labute approximate surface area is 99.0 Å². The Kier molecular flexibility index (Phi) is 3.14. The number of primary amides is 1. The highest BCUT2D eigenvalue weighted by Crippen LogP contribution is 2.31. The third-order valence-corrected chi connectivity index (χ3v) is 2.34. The third kappa shape index (κ3) is 2.66. The van der Waals surface area contributed by atoms with E-state index in [4.69, 9.17) is 14.9 Å². The van der Waals surface area contributed by atoms with Crippen LogP contribution in [0.4, 0.5) is 0 Å². The number of carbonyl (C=O) groups is 1. The lowest BCUT2D eigenvalue weighted by atomic mass is 10.1. The van der Waals surface area contributed by atoms with Gasteiger partial charge in [0.05, 0.1) is 12.5 Å². The summed E-state index contributed by atoms with van der Waals surface area (Å²) in [6.07, 6.45) is 3.22. The summed E-state index contributed by atoms with van der Waals surface area (Å²) in [4.78, 5) is 10.7. The van der Waals surface area contributed by atoms with Crippen LogP contribution in [0.2, 0.25) is 0 Å². The third-order valence-electron chi connectivity index (χ3n) is 2.34. The molecular formula is C13H13NO3. The lowest BCUT2D eigenvalue weighted by Gasteiger charge is -2.09. The molecule has 0 bridgehead atoms. The lowest BCUT2D eigenvalue weighted by molar-refractivity contribution is -0.119. The summed E-state index contributed by atoms with van der Waals surface area (Å²) in [5.74, 6) is 0.125. The van der Waals surface area contributed by atoms with Crippen molar-refractivity contribution in [3.63, 3.8) is 0 Å². The molecule has 0 radical (unpaired) electrons. The van der Waals surface area contributed by atoms with Gasteiger partial charge in [-0.1, -0.05) is 11.6 Å². The number of carbonyl (C=O) groups excluding carboxylic acids is 1. The smallest absolute Gasteiger partial charge is 0.255 e. The average Bonchev–Trinajstić information content (AvgIpc) is 2.80. The maximum absolute atomic E-state index is 10.7. The molecule has 1 aromatic carbocycles. The number of amides is 1. The van der Waals surface area contributed by atoms with Gasteiger partial charge < -0.3 is 14.9 Å². The first-order chi connectivity index (χ1) is 8.16. The Morgan fingerprint density at radius 2 is 2.24 bits per heavy atom. The first-order valence-electron chi connectivity index (χ1n) is 5.21. The number of rotatable bonds is 4. The standard InChI is InChI=1S/C13H13NO3/c1-9-2-3-12(17-8-13(14)15)11(6-9)10-4-5-16-7-10/h2-7H,8H2,1H3,(H2,14,15). The summed E-state index contributed by atoms with van der Waals surface area (Å²) < 4.78 is 10.4. The highest BCUT2D eigenvalue weighted by atomic mass is 16.5. The van der Waals surface area contributed by atoms with Crippen molar-refractivity contribution in [3.8, 4) is 16.9 Å². The van der Waals surface area contributed by atoms with Gasteiger partial charge in [-0.05, 0) is 25.1 Å². The van der Waals surface area contributed by atoms with Crippen molar-refractivity contribution >= 4 is 5.91 Å². The lowest BCUT2D eigenvalue weighted by Crippen LogP contribution is -2.20. The number of hydrogen-bond acceptors (Lipinski definition) is 3. The zero-order chi connectivity index (χ0) is 12.3. The van der Waals surface area contributed by atoms with E-state index in [0.717, 1.165) is 16.7 Å². The molecule has 0 unspecified atom stereocenters. The van der Waals surface area contributed by atoms with E-state index in [1.165, 1.54) is 0 Å². The molecule has 1 heterocycles. The van der Waals surface area contributed by atoms with Crippen LogP contribution in [-0.2, 0) is 4.79 Å². The van der Waals surface area contributed by atoms with E-state index in [-0.39, 0.29) is 6.61 Å². The van der Waals surface area contributed by atoms with Gasteiger partial charge in [0.1, 0.15) is 5.75 Å². The van der Waals surface area contributed by atoms with E-state index in [2.05, 4.69) is 0 Å². The molecule has 0 fully saturated rings. The van der Waals surface area contributed by atoms with Crippen molar-refractivity contribution in [2.24, 2.45) is 5.73 Å². The number of nitrogens with two attached hydrogens (primary N) is 1. The SMILES string of the molecule is Cc1ccc(OCC(N)=O)c(-c2ccoc2)c1. The fourth-order valence-corrected chi connectivity index (χ4v) is 1.56. The van der Waals surface area contributed by atoms with E-state index in [1.807, 2.05) is 31.2 Å². The van der Waals surface area contributed by atoms with Gasteiger partial charge in [-0.25, -0.2) is 0 Å². The van der Waals surface area contributed by atoms with Gasteiger partial charge in [-0.3, -0.25) is 4.79 Å². The molecule has 4 nitrogen and oxygen atoms in total. The summed E-state index contributed by atoms with van der Waals surface area (Å²) in [7, 11) is 0. The van der Waals surface area contributed by atoms with Crippen LogP contribution >= 0.6 is 0 Å². The molecule has 0 atom stereocenters. The first-order valence-corrected chi connectivity index (χ1v) is 5.21. The van der Waals surface area contributed by atoms with Crippen LogP contribution in [0.15, 0.2) is 41.2 Å². The molecule has 2 N–H and O–H groups in total. The average molecular weight is 231 g/mol. The summed E-state index contributed by atoms with van der Waals surface area (Å²) >= 11 is 0. The second-order valence-corrected chi connectivity index (χ2v) is 3.77. The Hall–Kier alpha value is -2.23. The quantitative estimate of drug-likeness (QED) is 0.876. The summed E-state index contributed by atoms with van der Waals surface area (Å²) in [5, 5.41) is 0. The molecule has 2 rings (SSSR count). The first kappa shape index (κ1) is 11.3. The second kappa shape index (κ2) is 4.74. The zero-order valence-corrected chi connectivity index (χ0v) is 9.47. The molecule has 2 aromatic rings. The molecule has 17 heavy (non-hydrogen) atoms. The summed E-state index contributed by atoms with van der Waals surface area (Å²) in [5.41, 5.74) is 7.96. The highest BCUT2D eigenvalue weighted by molar-refractivity contribution is 5.76. The van der Waals surface area contributed by atoms with Crippen LogP contribution in [0.5, 0.6) is 5.75 Å². The van der Waals surface area contributed by atoms with Crippen LogP contribution in [0, 0.1) is 6.92 Å². The molecule has 0 aliphatic rings. The van der Waals surface area contributed by atoms with Crippen molar-refractivity contribution in [2.45, 2.75) is 6.92 Å². The highest BCUT2D eigenvalue weighted by Gasteiger charge is 2.08. The van der Waals surface area contributed by atoms with Crippen molar-refractivity contribution in [3.05, 3.63) is 42.4 Å². The van der Waals surface area contributed by atoms with Gasteiger partial charge in [0.15, 0.2) is 6.61 Å². The Balaban J connectivity index is 2.34. The molecule has 88 valence electrons. The van der Waals surface area contributed by atoms with Crippen LogP contribution in [0.3, 0.4) is 0 Å². The minimum atomic E-state index is -0.497. The monoisotopic (exact) mass is 231 g/mol. The Bertz CT molecular complexity index is 517. The van der Waals surface area contributed by atoms with Crippen LogP contribution in [0.1, 0.15) is 5.56 Å². The summed E-state index contributed by atoms with van der Waals surface area (Å²) in [6, 6.07) is 7.55. The predicted molar refractivity (Wildman–Crippen MR) is 63.6 cm³/mol. The number of ether oxygens (including phenoxy) is 1. The zero-order valence-electron chi connectivity index (χ0n) is 9.47. The molecule has 0 aliphatic heterocycles. The summed E-state index contributed by atoms with van der Waals surface area (Å²) in [6.45, 7) is 1.86. The van der Waals surface area contributed by atoms with E-state index in [0.29, 0.717) is 5.75 Å². The number of benzene rings is 1. The molecule has 1 amide bonds. The maximum atomic E-state index is 10.7. The van der Waals surface area contributed by atoms with Crippen molar-refractivity contribution in [1.29, 1.82) is 0 Å². The Morgan fingerprint density at radius 1 is 1.41 bits per heavy atom. The number of furan rings is 1. The second-order valence-electron chi connectivity index (χ2n) is 3.77.